The SMILES string of the molecule is CC(C)(C)OC(=O)N1CCC(n2cc(-c3cc(Br)c(N)c(Br)c3)[nH]c2=O)CC1. The molecule has 3 N–H and O–H groups in total. The number of carbonyl (C=O) groups is 1. The van der Waals surface area contributed by atoms with E-state index >= 15 is 0 Å². The third kappa shape index (κ3) is 4.63. The van der Waals surface area contributed by atoms with Gasteiger partial charge in [-0.25, -0.2) is 9.59 Å². The Labute approximate surface area is 180 Å². The number of carbonyl (C=O) groups excluding carboxylic acids is 1. The van der Waals surface area contributed by atoms with Crippen molar-refractivity contribution in [1.82, 2.24) is 14.5 Å². The van der Waals surface area contributed by atoms with E-state index in [1.54, 1.807) is 9.47 Å². The van der Waals surface area contributed by atoms with Crippen molar-refractivity contribution in [3.8, 4) is 11.3 Å². The van der Waals surface area contributed by atoms with Gasteiger partial charge in [0.2, 0.25) is 0 Å². The lowest BCUT2D eigenvalue weighted by Gasteiger charge is -2.33. The number of nitrogen functional groups attached to an aromatic ring is 1. The number of amides is 1. The molecule has 152 valence electrons. The van der Waals surface area contributed by atoms with Gasteiger partial charge in [-0.2, -0.15) is 0 Å². The van der Waals surface area contributed by atoms with Gasteiger partial charge >= 0.3 is 11.8 Å². The highest BCUT2D eigenvalue weighted by atomic mass is 79.9. The van der Waals surface area contributed by atoms with E-state index in [4.69, 9.17) is 10.5 Å². The molecule has 2 heterocycles. The van der Waals surface area contributed by atoms with Crippen molar-refractivity contribution in [2.45, 2.75) is 45.3 Å². The number of rotatable bonds is 2. The summed E-state index contributed by atoms with van der Waals surface area (Å²) in [6.07, 6.45) is 2.93. The van der Waals surface area contributed by atoms with Gasteiger partial charge in [0, 0.05) is 39.8 Å². The monoisotopic (exact) mass is 514 g/mol. The molecule has 0 aliphatic carbocycles. The number of likely N-dealkylation sites (tertiary alicyclic amines) is 1. The quantitative estimate of drug-likeness (QED) is 0.575. The molecule has 28 heavy (non-hydrogen) atoms. The van der Waals surface area contributed by atoms with Crippen LogP contribution in [0.15, 0.2) is 32.1 Å². The lowest BCUT2D eigenvalue weighted by atomic mass is 10.1. The summed E-state index contributed by atoms with van der Waals surface area (Å²) in [5.41, 5.74) is 7.46. The van der Waals surface area contributed by atoms with Gasteiger partial charge in [0.05, 0.1) is 11.4 Å². The molecule has 1 aliphatic rings. The van der Waals surface area contributed by atoms with Crippen molar-refractivity contribution in [2.24, 2.45) is 0 Å². The second-order valence-electron chi connectivity index (χ2n) is 7.93. The largest absolute Gasteiger partial charge is 0.444 e. The zero-order chi connectivity index (χ0) is 20.6. The predicted molar refractivity (Wildman–Crippen MR) is 116 cm³/mol. The van der Waals surface area contributed by atoms with Gasteiger partial charge in [0.1, 0.15) is 5.60 Å². The van der Waals surface area contributed by atoms with Crippen LogP contribution in [0.1, 0.15) is 39.7 Å². The summed E-state index contributed by atoms with van der Waals surface area (Å²) in [5.74, 6) is 0. The van der Waals surface area contributed by atoms with E-state index in [9.17, 15) is 9.59 Å². The van der Waals surface area contributed by atoms with Crippen LogP contribution in [-0.2, 0) is 4.74 Å². The van der Waals surface area contributed by atoms with E-state index in [0.29, 0.717) is 31.6 Å². The second kappa shape index (κ2) is 7.94. The number of imidazole rings is 1. The molecule has 1 saturated heterocycles. The number of nitrogens with zero attached hydrogens (tertiary/aromatic N) is 2. The Hall–Kier alpha value is -1.74. The van der Waals surface area contributed by atoms with E-state index < -0.39 is 5.60 Å². The summed E-state index contributed by atoms with van der Waals surface area (Å²) in [7, 11) is 0. The first-order valence-corrected chi connectivity index (χ1v) is 10.7. The molecule has 0 bridgehead atoms. The third-order valence-electron chi connectivity index (χ3n) is 4.64. The van der Waals surface area contributed by atoms with Gasteiger partial charge in [-0.3, -0.25) is 4.57 Å². The maximum absolute atomic E-state index is 12.5. The predicted octanol–water partition coefficient (Wildman–Crippen LogP) is 4.52. The molecule has 0 saturated carbocycles. The van der Waals surface area contributed by atoms with Crippen molar-refractivity contribution in [2.75, 3.05) is 18.8 Å². The van der Waals surface area contributed by atoms with Gasteiger partial charge in [0.25, 0.3) is 0 Å². The normalized spacial score (nSPS) is 15.7. The fraction of sp³-hybridized carbons (Fsp3) is 0.474. The highest BCUT2D eigenvalue weighted by Gasteiger charge is 2.28. The molecule has 7 nitrogen and oxygen atoms in total. The van der Waals surface area contributed by atoms with E-state index in [-0.39, 0.29) is 17.8 Å². The number of anilines is 1. The third-order valence-corrected chi connectivity index (χ3v) is 5.96. The summed E-state index contributed by atoms with van der Waals surface area (Å²) in [5, 5.41) is 0. The van der Waals surface area contributed by atoms with Gasteiger partial charge in [-0.05, 0) is 77.6 Å². The Bertz CT molecular complexity index is 914. The molecule has 1 aliphatic heterocycles. The number of aromatic nitrogens is 2. The maximum atomic E-state index is 12.5. The molecule has 9 heteroatoms. The molecular formula is C19H24Br2N4O3. The number of aromatic amines is 1. The topological polar surface area (TPSA) is 93.3 Å². The molecule has 0 unspecified atom stereocenters. The highest BCUT2D eigenvalue weighted by Crippen LogP contribution is 2.33. The van der Waals surface area contributed by atoms with Crippen LogP contribution in [0.5, 0.6) is 0 Å². The number of hydrogen-bond acceptors (Lipinski definition) is 4. The fourth-order valence-corrected chi connectivity index (χ4v) is 4.41. The van der Waals surface area contributed by atoms with E-state index in [2.05, 4.69) is 36.8 Å². The summed E-state index contributed by atoms with van der Waals surface area (Å²) in [6, 6.07) is 3.79. The molecule has 1 fully saturated rings. The van der Waals surface area contributed by atoms with Crippen molar-refractivity contribution in [3.05, 3.63) is 37.8 Å². The number of hydrogen-bond donors (Lipinski definition) is 2. The highest BCUT2D eigenvalue weighted by molar-refractivity contribution is 9.11. The van der Waals surface area contributed by atoms with Gasteiger partial charge in [-0.1, -0.05) is 0 Å². The van der Waals surface area contributed by atoms with Crippen molar-refractivity contribution in [3.63, 3.8) is 0 Å². The average molecular weight is 516 g/mol. The zero-order valence-corrected chi connectivity index (χ0v) is 19.3. The second-order valence-corrected chi connectivity index (χ2v) is 9.64. The number of halogens is 2. The number of piperidine rings is 1. The van der Waals surface area contributed by atoms with E-state index in [1.807, 2.05) is 39.1 Å². The lowest BCUT2D eigenvalue weighted by Crippen LogP contribution is -2.42. The van der Waals surface area contributed by atoms with Crippen molar-refractivity contribution < 1.29 is 9.53 Å². The Balaban J connectivity index is 1.73. The van der Waals surface area contributed by atoms with Gasteiger partial charge < -0.3 is 20.4 Å². The van der Waals surface area contributed by atoms with Gasteiger partial charge in [0.15, 0.2) is 0 Å². The first kappa shape index (κ1) is 21.0. The van der Waals surface area contributed by atoms with Crippen LogP contribution in [0.2, 0.25) is 0 Å². The van der Waals surface area contributed by atoms with Crippen LogP contribution >= 0.6 is 31.9 Å². The van der Waals surface area contributed by atoms with Gasteiger partial charge in [-0.15, -0.1) is 0 Å². The van der Waals surface area contributed by atoms with Crippen LogP contribution in [0.3, 0.4) is 0 Å². The summed E-state index contributed by atoms with van der Waals surface area (Å²) in [4.78, 5) is 29.3. The van der Waals surface area contributed by atoms with Crippen LogP contribution in [0.25, 0.3) is 11.3 Å². The smallest absolute Gasteiger partial charge is 0.410 e. The molecule has 0 atom stereocenters. The number of ether oxygens (including phenoxy) is 1. The van der Waals surface area contributed by atoms with Crippen molar-refractivity contribution >= 4 is 43.6 Å². The van der Waals surface area contributed by atoms with Crippen LogP contribution in [0.4, 0.5) is 10.5 Å². The minimum atomic E-state index is -0.512. The van der Waals surface area contributed by atoms with Crippen LogP contribution < -0.4 is 11.4 Å². The summed E-state index contributed by atoms with van der Waals surface area (Å²) in [6.45, 7) is 6.68. The Morgan fingerprint density at radius 2 is 1.79 bits per heavy atom. The molecule has 1 amide bonds. The molecule has 1 aromatic carbocycles. The standard InChI is InChI=1S/C19H24Br2N4O3/c1-19(2,3)28-18(27)24-6-4-12(5-7-24)25-10-15(23-17(25)26)11-8-13(20)16(22)14(21)9-11/h8-10,12H,4-7,22H2,1-3H3,(H,23,26). The lowest BCUT2D eigenvalue weighted by molar-refractivity contribution is 0.0187. The number of nitrogens with two attached hydrogens (primary N) is 1. The fourth-order valence-electron chi connectivity index (χ4n) is 3.22. The molecule has 0 spiro atoms. The minimum absolute atomic E-state index is 0.0387. The zero-order valence-electron chi connectivity index (χ0n) is 16.1. The molecular weight excluding hydrogens is 492 g/mol. The number of H-pyrrole nitrogens is 1. The first-order valence-electron chi connectivity index (χ1n) is 9.09. The minimum Gasteiger partial charge on any atom is -0.444 e. The number of nitrogens with one attached hydrogen (secondary N) is 1. The summed E-state index contributed by atoms with van der Waals surface area (Å²) < 4.78 is 8.67. The first-order chi connectivity index (χ1) is 13.0. The Kier molecular flexibility index (Phi) is 5.95. The molecule has 0 radical (unpaired) electrons. The van der Waals surface area contributed by atoms with Crippen LogP contribution in [-0.4, -0.2) is 39.2 Å². The van der Waals surface area contributed by atoms with E-state index in [1.165, 1.54) is 0 Å². The van der Waals surface area contributed by atoms with E-state index in [0.717, 1.165) is 20.2 Å². The molecule has 1 aromatic heterocycles. The van der Waals surface area contributed by atoms with Crippen molar-refractivity contribution in [1.29, 1.82) is 0 Å². The molecule has 2 aromatic rings. The molecule has 3 rings (SSSR count). The average Bonchev–Trinajstić information content (AvgIpc) is 2.99. The Morgan fingerprint density at radius 1 is 1.21 bits per heavy atom. The van der Waals surface area contributed by atoms with Crippen LogP contribution in [0, 0.1) is 0 Å². The number of benzene rings is 1. The maximum Gasteiger partial charge on any atom is 0.410 e. The Morgan fingerprint density at radius 3 is 2.32 bits per heavy atom. The summed E-state index contributed by atoms with van der Waals surface area (Å²) >= 11 is 6.87.